The van der Waals surface area contributed by atoms with Gasteiger partial charge in [0, 0.05) is 17.6 Å². The lowest BCUT2D eigenvalue weighted by Gasteiger charge is -2.18. The molecule has 0 aromatic heterocycles. The Hall–Kier alpha value is -2.29. The van der Waals surface area contributed by atoms with E-state index < -0.39 is 0 Å². The molecule has 0 bridgehead atoms. The molecule has 3 rings (SSSR count). The van der Waals surface area contributed by atoms with Crippen molar-refractivity contribution in [2.24, 2.45) is 0 Å². The van der Waals surface area contributed by atoms with E-state index in [-0.39, 0.29) is 11.4 Å². The number of anilines is 1. The molecular formula is C20H24N2O. The summed E-state index contributed by atoms with van der Waals surface area (Å²) in [5.74, 6) is 0. The maximum Gasteiger partial charge on any atom is 0.319 e. The van der Waals surface area contributed by atoms with Crippen LogP contribution in [0.4, 0.5) is 10.5 Å². The van der Waals surface area contributed by atoms with Crippen LogP contribution >= 0.6 is 0 Å². The summed E-state index contributed by atoms with van der Waals surface area (Å²) in [6, 6.07) is 14.5. The smallest absolute Gasteiger partial charge is 0.319 e. The van der Waals surface area contributed by atoms with Crippen LogP contribution in [0.1, 0.15) is 35.1 Å². The van der Waals surface area contributed by atoms with Crippen molar-refractivity contribution in [3.05, 3.63) is 64.7 Å². The lowest BCUT2D eigenvalue weighted by Crippen LogP contribution is -2.35. The number of benzene rings is 2. The van der Waals surface area contributed by atoms with E-state index in [0.717, 1.165) is 29.7 Å². The van der Waals surface area contributed by atoms with Crippen LogP contribution in [0.2, 0.25) is 0 Å². The number of carbonyl (C=O) groups is 1. The van der Waals surface area contributed by atoms with Gasteiger partial charge in [-0.3, -0.25) is 0 Å². The minimum atomic E-state index is -0.123. The fraction of sp³-hybridized carbons (Fsp3) is 0.350. The molecule has 3 heteroatoms. The molecule has 23 heavy (non-hydrogen) atoms. The summed E-state index contributed by atoms with van der Waals surface area (Å²) in [4.78, 5) is 12.3. The molecule has 0 radical (unpaired) electrons. The Kier molecular flexibility index (Phi) is 4.12. The summed E-state index contributed by atoms with van der Waals surface area (Å²) in [6.07, 6.45) is 2.28. The van der Waals surface area contributed by atoms with Crippen molar-refractivity contribution in [2.45, 2.75) is 39.0 Å². The Morgan fingerprint density at radius 2 is 1.65 bits per heavy atom. The van der Waals surface area contributed by atoms with Crippen LogP contribution in [0.5, 0.6) is 0 Å². The second kappa shape index (κ2) is 6.07. The third kappa shape index (κ3) is 3.39. The van der Waals surface area contributed by atoms with E-state index >= 15 is 0 Å². The van der Waals surface area contributed by atoms with Gasteiger partial charge in [-0.15, -0.1) is 0 Å². The number of hydrogen-bond donors (Lipinski definition) is 2. The highest BCUT2D eigenvalue weighted by Gasteiger charge is 2.44. The quantitative estimate of drug-likeness (QED) is 0.860. The largest absolute Gasteiger partial charge is 0.337 e. The predicted octanol–water partition coefficient (Wildman–Crippen LogP) is 4.47. The summed E-state index contributed by atoms with van der Waals surface area (Å²) in [7, 11) is 0. The summed E-state index contributed by atoms with van der Waals surface area (Å²) in [6.45, 7) is 6.82. The van der Waals surface area contributed by atoms with Crippen LogP contribution in [-0.2, 0) is 5.41 Å². The van der Waals surface area contributed by atoms with Gasteiger partial charge in [0.05, 0.1) is 0 Å². The maximum atomic E-state index is 12.3. The van der Waals surface area contributed by atoms with Crippen molar-refractivity contribution in [1.29, 1.82) is 0 Å². The van der Waals surface area contributed by atoms with Gasteiger partial charge in [0.2, 0.25) is 0 Å². The fourth-order valence-electron chi connectivity index (χ4n) is 3.29. The second-order valence-corrected chi connectivity index (χ2v) is 6.73. The van der Waals surface area contributed by atoms with E-state index in [9.17, 15) is 4.79 Å². The standard InChI is InChI=1S/C20H24N2O/c1-14-11-15(2)18(16(3)12-14)22-19(23)21-13-20(9-10-20)17-7-5-4-6-8-17/h4-8,11-12H,9-10,13H2,1-3H3,(H2,21,22,23). The average Bonchev–Trinajstić information content (AvgIpc) is 3.31. The zero-order valence-electron chi connectivity index (χ0n) is 14.1. The number of rotatable bonds is 4. The van der Waals surface area contributed by atoms with Gasteiger partial charge in [-0.1, -0.05) is 48.0 Å². The third-order valence-corrected chi connectivity index (χ3v) is 4.74. The average molecular weight is 308 g/mol. The van der Waals surface area contributed by atoms with Gasteiger partial charge in [0.1, 0.15) is 0 Å². The molecule has 2 aromatic carbocycles. The summed E-state index contributed by atoms with van der Waals surface area (Å²) in [5, 5.41) is 6.06. The first-order valence-corrected chi connectivity index (χ1v) is 8.18. The first-order valence-electron chi connectivity index (χ1n) is 8.18. The monoisotopic (exact) mass is 308 g/mol. The van der Waals surface area contributed by atoms with Gasteiger partial charge in [0.15, 0.2) is 0 Å². The lowest BCUT2D eigenvalue weighted by atomic mass is 9.96. The van der Waals surface area contributed by atoms with Crippen LogP contribution in [0, 0.1) is 20.8 Å². The summed E-state index contributed by atoms with van der Waals surface area (Å²) >= 11 is 0. The molecule has 0 atom stereocenters. The lowest BCUT2D eigenvalue weighted by molar-refractivity contribution is 0.251. The molecule has 2 amide bonds. The number of hydrogen-bond acceptors (Lipinski definition) is 1. The highest BCUT2D eigenvalue weighted by atomic mass is 16.2. The molecule has 2 N–H and O–H groups in total. The van der Waals surface area contributed by atoms with E-state index in [1.165, 1.54) is 11.1 Å². The zero-order chi connectivity index (χ0) is 16.4. The molecule has 2 aromatic rings. The topological polar surface area (TPSA) is 41.1 Å². The highest BCUT2D eigenvalue weighted by Crippen LogP contribution is 2.47. The van der Waals surface area contributed by atoms with Gasteiger partial charge < -0.3 is 10.6 Å². The Morgan fingerprint density at radius 1 is 1.04 bits per heavy atom. The normalized spacial score (nSPS) is 15.1. The van der Waals surface area contributed by atoms with E-state index in [0.29, 0.717) is 6.54 Å². The van der Waals surface area contributed by atoms with Crippen molar-refractivity contribution in [1.82, 2.24) is 5.32 Å². The molecule has 120 valence electrons. The minimum absolute atomic E-state index is 0.123. The fourth-order valence-corrected chi connectivity index (χ4v) is 3.29. The number of nitrogens with one attached hydrogen (secondary N) is 2. The minimum Gasteiger partial charge on any atom is -0.337 e. The molecular weight excluding hydrogens is 284 g/mol. The molecule has 0 heterocycles. The number of aryl methyl sites for hydroxylation is 3. The summed E-state index contributed by atoms with van der Waals surface area (Å²) in [5.41, 5.74) is 5.78. The van der Waals surface area contributed by atoms with Gasteiger partial charge in [-0.05, 0) is 50.3 Å². The van der Waals surface area contributed by atoms with Crippen LogP contribution < -0.4 is 10.6 Å². The molecule has 0 unspecified atom stereocenters. The van der Waals surface area contributed by atoms with Gasteiger partial charge in [-0.25, -0.2) is 4.79 Å². The van der Waals surface area contributed by atoms with Crippen molar-refractivity contribution in [3.63, 3.8) is 0 Å². The number of carbonyl (C=O) groups excluding carboxylic acids is 1. The van der Waals surface area contributed by atoms with Crippen molar-refractivity contribution in [3.8, 4) is 0 Å². The van der Waals surface area contributed by atoms with Crippen molar-refractivity contribution >= 4 is 11.7 Å². The van der Waals surface area contributed by atoms with E-state index in [1.807, 2.05) is 19.9 Å². The first-order chi connectivity index (χ1) is 11.0. The molecule has 0 saturated heterocycles. The van der Waals surface area contributed by atoms with Crippen molar-refractivity contribution in [2.75, 3.05) is 11.9 Å². The van der Waals surface area contributed by atoms with Gasteiger partial charge in [0.25, 0.3) is 0 Å². The van der Waals surface area contributed by atoms with E-state index in [4.69, 9.17) is 0 Å². The number of urea groups is 1. The van der Waals surface area contributed by atoms with Crippen LogP contribution in [0.25, 0.3) is 0 Å². The van der Waals surface area contributed by atoms with E-state index in [2.05, 4.69) is 54.0 Å². The molecule has 1 fully saturated rings. The van der Waals surface area contributed by atoms with Crippen LogP contribution in [0.3, 0.4) is 0 Å². The predicted molar refractivity (Wildman–Crippen MR) is 95.0 cm³/mol. The Balaban J connectivity index is 1.63. The zero-order valence-corrected chi connectivity index (χ0v) is 14.1. The molecule has 3 nitrogen and oxygen atoms in total. The molecule has 1 saturated carbocycles. The first kappa shape index (κ1) is 15.6. The Labute approximate surface area is 138 Å². The molecule has 0 aliphatic heterocycles. The van der Waals surface area contributed by atoms with Gasteiger partial charge in [-0.2, -0.15) is 0 Å². The summed E-state index contributed by atoms with van der Waals surface area (Å²) < 4.78 is 0. The maximum absolute atomic E-state index is 12.3. The SMILES string of the molecule is Cc1cc(C)c(NC(=O)NCC2(c3ccccc3)CC2)c(C)c1. The van der Waals surface area contributed by atoms with Gasteiger partial charge >= 0.3 is 6.03 Å². The van der Waals surface area contributed by atoms with Crippen molar-refractivity contribution < 1.29 is 4.79 Å². The number of amides is 2. The molecule has 1 aliphatic rings. The second-order valence-electron chi connectivity index (χ2n) is 6.73. The van der Waals surface area contributed by atoms with Crippen LogP contribution in [-0.4, -0.2) is 12.6 Å². The highest BCUT2D eigenvalue weighted by molar-refractivity contribution is 5.91. The Bertz CT molecular complexity index is 695. The van der Waals surface area contributed by atoms with Crippen LogP contribution in [0.15, 0.2) is 42.5 Å². The third-order valence-electron chi connectivity index (χ3n) is 4.74. The molecule has 0 spiro atoms. The Morgan fingerprint density at radius 3 is 2.22 bits per heavy atom. The van der Waals surface area contributed by atoms with E-state index in [1.54, 1.807) is 0 Å². The molecule has 1 aliphatic carbocycles.